The molecule has 2 amide bonds. The minimum atomic E-state index is -0.166. The van der Waals surface area contributed by atoms with Crippen molar-refractivity contribution in [1.82, 2.24) is 20.4 Å². The second-order valence-corrected chi connectivity index (χ2v) is 8.48. The predicted molar refractivity (Wildman–Crippen MR) is 150 cm³/mol. The minimum Gasteiger partial charge on any atom is -0.460 e. The number of amides is 2. The fraction of sp³-hybridized carbons (Fsp3) is 0.538. The molecule has 0 bridgehead atoms. The van der Waals surface area contributed by atoms with Crippen LogP contribution in [0.15, 0.2) is 21.0 Å². The summed E-state index contributed by atoms with van der Waals surface area (Å²) < 4.78 is 11.9. The molecule has 3 aromatic rings. The van der Waals surface area contributed by atoms with Gasteiger partial charge < -0.3 is 29.3 Å². The van der Waals surface area contributed by atoms with Gasteiger partial charge in [0.1, 0.15) is 22.7 Å². The normalized spacial score (nSPS) is 11.1. The standard InChI is InChI=1S/C26H38N4O4.2ClH/c1-7-29(8-2)13-11-27-25(31)23-17(5)33-21-16-20-22(15-19(21)23)34-18(6)24(20)26(32)28-12-14-30(9-3)10-4;;/h15-16H,7-14H2,1-6H3,(H,27,31)(H,28,32);2*1H. The highest BCUT2D eigenvalue weighted by Gasteiger charge is 2.23. The molecule has 0 atom stereocenters. The van der Waals surface area contributed by atoms with Crippen molar-refractivity contribution in [3.8, 4) is 0 Å². The van der Waals surface area contributed by atoms with E-state index in [9.17, 15) is 9.59 Å². The molecule has 10 heteroatoms. The molecule has 0 aliphatic carbocycles. The summed E-state index contributed by atoms with van der Waals surface area (Å²) in [6, 6.07) is 3.61. The van der Waals surface area contributed by atoms with E-state index in [1.165, 1.54) is 0 Å². The van der Waals surface area contributed by atoms with E-state index < -0.39 is 0 Å². The highest BCUT2D eigenvalue weighted by atomic mass is 35.5. The molecule has 0 aliphatic rings. The van der Waals surface area contributed by atoms with Gasteiger partial charge in [0.2, 0.25) is 0 Å². The monoisotopic (exact) mass is 542 g/mol. The number of likely N-dealkylation sites (N-methyl/N-ethyl adjacent to an activating group) is 2. The number of carbonyl (C=O) groups is 2. The molecule has 2 heterocycles. The van der Waals surface area contributed by atoms with E-state index >= 15 is 0 Å². The number of nitrogens with one attached hydrogen (secondary N) is 2. The van der Waals surface area contributed by atoms with Crippen molar-refractivity contribution in [1.29, 1.82) is 0 Å². The smallest absolute Gasteiger partial charge is 0.255 e. The molecule has 202 valence electrons. The van der Waals surface area contributed by atoms with Gasteiger partial charge in [0.15, 0.2) is 0 Å². The number of halogens is 2. The Morgan fingerprint density at radius 1 is 0.694 bits per heavy atom. The molecule has 8 nitrogen and oxygen atoms in total. The third-order valence-electron chi connectivity index (χ3n) is 6.52. The molecule has 36 heavy (non-hydrogen) atoms. The summed E-state index contributed by atoms with van der Waals surface area (Å²) in [7, 11) is 0. The van der Waals surface area contributed by atoms with E-state index in [-0.39, 0.29) is 36.6 Å². The molecule has 0 saturated heterocycles. The number of hydrogen-bond acceptors (Lipinski definition) is 6. The number of carbonyl (C=O) groups excluding carboxylic acids is 2. The van der Waals surface area contributed by atoms with Crippen LogP contribution in [0.4, 0.5) is 0 Å². The van der Waals surface area contributed by atoms with Crippen molar-refractivity contribution in [2.45, 2.75) is 41.5 Å². The van der Waals surface area contributed by atoms with Crippen LogP contribution in [0.2, 0.25) is 0 Å². The SMILES string of the molecule is CCN(CC)CCNC(=O)c1c(C)oc2cc3c(C(=O)NCCN(CC)CC)c(C)oc3cc12.Cl.Cl. The largest absolute Gasteiger partial charge is 0.460 e. The molecule has 3 rings (SSSR count). The first-order valence-corrected chi connectivity index (χ1v) is 12.3. The number of nitrogens with zero attached hydrogens (tertiary/aromatic N) is 2. The average molecular weight is 544 g/mol. The number of aryl methyl sites for hydroxylation is 2. The molecule has 1 aromatic carbocycles. The minimum absolute atomic E-state index is 0. The molecule has 2 aromatic heterocycles. The maximum Gasteiger partial charge on any atom is 0.255 e. The highest BCUT2D eigenvalue weighted by Crippen LogP contribution is 2.34. The zero-order valence-corrected chi connectivity index (χ0v) is 23.8. The molecular weight excluding hydrogens is 503 g/mol. The van der Waals surface area contributed by atoms with Gasteiger partial charge in [-0.3, -0.25) is 9.59 Å². The number of hydrogen-bond donors (Lipinski definition) is 2. The predicted octanol–water partition coefficient (Wildman–Crippen LogP) is 4.78. The Morgan fingerprint density at radius 2 is 1.03 bits per heavy atom. The van der Waals surface area contributed by atoms with E-state index in [0.29, 0.717) is 57.7 Å². The first kappa shape index (κ1) is 31.8. The summed E-state index contributed by atoms with van der Waals surface area (Å²) in [5.74, 6) is 0.760. The summed E-state index contributed by atoms with van der Waals surface area (Å²) in [5, 5.41) is 7.38. The van der Waals surface area contributed by atoms with Crippen LogP contribution in [0.5, 0.6) is 0 Å². The summed E-state index contributed by atoms with van der Waals surface area (Å²) in [6.45, 7) is 18.5. The van der Waals surface area contributed by atoms with Crippen molar-refractivity contribution in [3.63, 3.8) is 0 Å². The van der Waals surface area contributed by atoms with Gasteiger partial charge in [0.05, 0.1) is 11.1 Å². The van der Waals surface area contributed by atoms with Crippen molar-refractivity contribution >= 4 is 58.6 Å². The zero-order chi connectivity index (χ0) is 24.8. The lowest BCUT2D eigenvalue weighted by atomic mass is 10.1. The van der Waals surface area contributed by atoms with Gasteiger partial charge >= 0.3 is 0 Å². The zero-order valence-electron chi connectivity index (χ0n) is 22.2. The summed E-state index contributed by atoms with van der Waals surface area (Å²) in [6.07, 6.45) is 0. The van der Waals surface area contributed by atoms with E-state index in [1.807, 2.05) is 0 Å². The van der Waals surface area contributed by atoms with Crippen molar-refractivity contribution in [2.24, 2.45) is 0 Å². The van der Waals surface area contributed by atoms with Crippen LogP contribution in [0.3, 0.4) is 0 Å². The van der Waals surface area contributed by atoms with Gasteiger partial charge in [-0.05, 0) is 52.2 Å². The lowest BCUT2D eigenvalue weighted by Gasteiger charge is -2.17. The first-order valence-electron chi connectivity index (χ1n) is 12.3. The van der Waals surface area contributed by atoms with Crippen LogP contribution in [0.1, 0.15) is 59.9 Å². The molecule has 0 radical (unpaired) electrons. The Morgan fingerprint density at radius 3 is 1.33 bits per heavy atom. The van der Waals surface area contributed by atoms with Crippen molar-refractivity contribution < 1.29 is 18.4 Å². The molecule has 0 unspecified atom stereocenters. The number of rotatable bonds is 12. The van der Waals surface area contributed by atoms with Gasteiger partial charge in [0, 0.05) is 37.0 Å². The topological polar surface area (TPSA) is 91.0 Å². The Kier molecular flexibility index (Phi) is 12.8. The van der Waals surface area contributed by atoms with Gasteiger partial charge in [-0.25, -0.2) is 0 Å². The third-order valence-corrected chi connectivity index (χ3v) is 6.52. The second-order valence-electron chi connectivity index (χ2n) is 8.48. The van der Waals surface area contributed by atoms with Gasteiger partial charge in [-0.15, -0.1) is 24.8 Å². The molecular formula is C26H40Cl2N4O4. The van der Waals surface area contributed by atoms with E-state index in [1.54, 1.807) is 26.0 Å². The van der Waals surface area contributed by atoms with Crippen LogP contribution in [-0.2, 0) is 0 Å². The van der Waals surface area contributed by atoms with E-state index in [0.717, 1.165) is 39.3 Å². The quantitative estimate of drug-likeness (QED) is 0.342. The number of fused-ring (bicyclic) bond motifs is 2. The second kappa shape index (κ2) is 14.5. The van der Waals surface area contributed by atoms with E-state index in [2.05, 4.69) is 48.1 Å². The maximum absolute atomic E-state index is 12.9. The van der Waals surface area contributed by atoms with Crippen LogP contribution in [0, 0.1) is 13.8 Å². The molecule has 0 aliphatic heterocycles. The van der Waals surface area contributed by atoms with Gasteiger partial charge in [-0.2, -0.15) is 0 Å². The fourth-order valence-electron chi connectivity index (χ4n) is 4.41. The summed E-state index contributed by atoms with van der Waals surface area (Å²) in [5.41, 5.74) is 2.15. The Labute approximate surface area is 225 Å². The lowest BCUT2D eigenvalue weighted by Crippen LogP contribution is -2.35. The fourth-order valence-corrected chi connectivity index (χ4v) is 4.41. The Bertz CT molecular complexity index is 1060. The summed E-state index contributed by atoms with van der Waals surface area (Å²) >= 11 is 0. The van der Waals surface area contributed by atoms with Crippen molar-refractivity contribution in [3.05, 3.63) is 34.8 Å². The Balaban J connectivity index is 0.00000324. The summed E-state index contributed by atoms with van der Waals surface area (Å²) in [4.78, 5) is 30.4. The first-order chi connectivity index (χ1) is 16.3. The molecule has 0 spiro atoms. The van der Waals surface area contributed by atoms with Gasteiger partial charge in [-0.1, -0.05) is 27.7 Å². The highest BCUT2D eigenvalue weighted by molar-refractivity contribution is 6.14. The third kappa shape index (κ3) is 6.94. The van der Waals surface area contributed by atoms with Crippen molar-refractivity contribution in [2.75, 3.05) is 52.4 Å². The van der Waals surface area contributed by atoms with Crippen LogP contribution in [-0.4, -0.2) is 74.0 Å². The molecule has 0 saturated carbocycles. The van der Waals surface area contributed by atoms with Gasteiger partial charge in [0.25, 0.3) is 11.8 Å². The van der Waals surface area contributed by atoms with Crippen LogP contribution in [0.25, 0.3) is 21.9 Å². The van der Waals surface area contributed by atoms with Crippen LogP contribution >= 0.6 is 24.8 Å². The van der Waals surface area contributed by atoms with Crippen LogP contribution < -0.4 is 10.6 Å². The maximum atomic E-state index is 12.9. The Hall–Kier alpha value is -2.26. The molecule has 2 N–H and O–H groups in total. The number of benzene rings is 1. The molecule has 0 fully saturated rings. The number of furan rings is 2. The lowest BCUT2D eigenvalue weighted by molar-refractivity contribution is 0.0940. The van der Waals surface area contributed by atoms with E-state index in [4.69, 9.17) is 8.83 Å². The average Bonchev–Trinajstić information content (AvgIpc) is 3.31.